The second-order valence-corrected chi connectivity index (χ2v) is 6.42. The second kappa shape index (κ2) is 8.78. The summed E-state index contributed by atoms with van der Waals surface area (Å²) in [4.78, 5) is 29.2. The Morgan fingerprint density at radius 2 is 1.47 bits per heavy atom. The normalized spacial score (nSPS) is 10.3. The predicted molar refractivity (Wildman–Crippen MR) is 116 cm³/mol. The maximum absolute atomic E-state index is 12.2. The molecular formula is C22H19N7O. The van der Waals surface area contributed by atoms with Crippen LogP contribution in [0, 0.1) is 6.92 Å². The Morgan fingerprint density at radius 1 is 0.767 bits per heavy atom. The van der Waals surface area contributed by atoms with Crippen LogP contribution in [-0.2, 0) is 0 Å². The van der Waals surface area contributed by atoms with Gasteiger partial charge in [0.15, 0.2) is 0 Å². The van der Waals surface area contributed by atoms with Crippen molar-refractivity contribution in [3.05, 3.63) is 90.6 Å². The molecule has 4 rings (SSSR count). The van der Waals surface area contributed by atoms with Crippen molar-refractivity contribution < 1.29 is 4.79 Å². The Balaban J connectivity index is 1.43. The lowest BCUT2D eigenvalue weighted by molar-refractivity contribution is 0.102. The zero-order chi connectivity index (χ0) is 20.8. The quantitative estimate of drug-likeness (QED) is 0.445. The van der Waals surface area contributed by atoms with Crippen molar-refractivity contribution in [2.24, 2.45) is 0 Å². The molecule has 30 heavy (non-hydrogen) atoms. The van der Waals surface area contributed by atoms with Gasteiger partial charge in [-0.15, -0.1) is 0 Å². The van der Waals surface area contributed by atoms with E-state index in [1.165, 1.54) is 0 Å². The maximum atomic E-state index is 12.2. The minimum absolute atomic E-state index is 0.185. The van der Waals surface area contributed by atoms with Gasteiger partial charge in [0.2, 0.25) is 0 Å². The Hall–Kier alpha value is -4.33. The van der Waals surface area contributed by atoms with Gasteiger partial charge < -0.3 is 16.0 Å². The van der Waals surface area contributed by atoms with E-state index in [1.807, 2.05) is 49.4 Å². The van der Waals surface area contributed by atoms with Gasteiger partial charge in [0, 0.05) is 41.6 Å². The number of hydrogen-bond donors (Lipinski definition) is 3. The van der Waals surface area contributed by atoms with Crippen molar-refractivity contribution in [2.75, 3.05) is 16.0 Å². The van der Waals surface area contributed by atoms with Gasteiger partial charge in [0.1, 0.15) is 23.3 Å². The Kier molecular flexibility index (Phi) is 5.56. The summed E-state index contributed by atoms with van der Waals surface area (Å²) in [6.07, 6.45) is 4.88. The second-order valence-electron chi connectivity index (χ2n) is 6.42. The zero-order valence-corrected chi connectivity index (χ0v) is 16.2. The van der Waals surface area contributed by atoms with E-state index in [1.54, 1.807) is 36.8 Å². The predicted octanol–water partition coefficient (Wildman–Crippen LogP) is 4.31. The molecule has 1 aromatic carbocycles. The molecule has 0 aliphatic heterocycles. The number of pyridine rings is 2. The molecule has 3 aromatic heterocycles. The molecular weight excluding hydrogens is 378 g/mol. The van der Waals surface area contributed by atoms with Gasteiger partial charge in [-0.1, -0.05) is 6.07 Å². The summed E-state index contributed by atoms with van der Waals surface area (Å²) in [7, 11) is 0. The summed E-state index contributed by atoms with van der Waals surface area (Å²) >= 11 is 0. The molecule has 0 saturated carbocycles. The molecule has 0 fully saturated rings. The van der Waals surface area contributed by atoms with Gasteiger partial charge in [-0.05, 0) is 55.5 Å². The summed E-state index contributed by atoms with van der Waals surface area (Å²) in [5.41, 5.74) is 2.08. The Morgan fingerprint density at radius 3 is 2.17 bits per heavy atom. The molecule has 0 radical (unpaired) electrons. The molecule has 0 atom stereocenters. The van der Waals surface area contributed by atoms with Crippen LogP contribution in [0.5, 0.6) is 0 Å². The van der Waals surface area contributed by atoms with Gasteiger partial charge in [-0.2, -0.15) is 0 Å². The smallest absolute Gasteiger partial charge is 0.255 e. The van der Waals surface area contributed by atoms with E-state index in [0.29, 0.717) is 34.5 Å². The fourth-order valence-corrected chi connectivity index (χ4v) is 2.76. The highest BCUT2D eigenvalue weighted by Crippen LogP contribution is 2.21. The number of carbonyl (C=O) groups is 1. The summed E-state index contributed by atoms with van der Waals surface area (Å²) in [5, 5.41) is 9.27. The molecule has 0 spiro atoms. The highest BCUT2D eigenvalue weighted by Gasteiger charge is 2.07. The molecule has 3 N–H and O–H groups in total. The molecule has 4 aromatic rings. The third-order valence-electron chi connectivity index (χ3n) is 4.12. The number of aromatic nitrogens is 4. The van der Waals surface area contributed by atoms with E-state index in [0.717, 1.165) is 5.69 Å². The third kappa shape index (κ3) is 4.93. The van der Waals surface area contributed by atoms with Crippen LogP contribution >= 0.6 is 0 Å². The summed E-state index contributed by atoms with van der Waals surface area (Å²) in [6, 6.07) is 18.1. The first-order valence-corrected chi connectivity index (χ1v) is 9.28. The highest BCUT2D eigenvalue weighted by atomic mass is 16.1. The van der Waals surface area contributed by atoms with Crippen LogP contribution in [0.25, 0.3) is 0 Å². The molecule has 0 aliphatic rings. The SMILES string of the molecule is Cc1nc(Nc2ccc(NC(=O)c3ccncc3)cc2)cc(Nc2ccccn2)n1. The van der Waals surface area contributed by atoms with Crippen LogP contribution < -0.4 is 16.0 Å². The number of nitrogens with one attached hydrogen (secondary N) is 3. The van der Waals surface area contributed by atoms with E-state index in [-0.39, 0.29) is 5.91 Å². The minimum atomic E-state index is -0.185. The van der Waals surface area contributed by atoms with Gasteiger partial charge in [-0.25, -0.2) is 15.0 Å². The number of nitrogens with zero attached hydrogens (tertiary/aromatic N) is 4. The van der Waals surface area contributed by atoms with Crippen molar-refractivity contribution in [3.63, 3.8) is 0 Å². The van der Waals surface area contributed by atoms with Crippen LogP contribution in [0.2, 0.25) is 0 Å². The summed E-state index contributed by atoms with van der Waals surface area (Å²) in [5.74, 6) is 2.43. The third-order valence-corrected chi connectivity index (χ3v) is 4.12. The minimum Gasteiger partial charge on any atom is -0.340 e. The first kappa shape index (κ1) is 19.0. The first-order chi connectivity index (χ1) is 14.7. The molecule has 3 heterocycles. The standard InChI is InChI=1S/C22H19N7O/c1-15-25-20(14-21(26-15)29-19-4-2-3-11-24-19)27-17-5-7-18(8-6-17)28-22(30)16-9-12-23-13-10-16/h2-14H,1H3,(H,28,30)(H2,24,25,26,27,29). The van der Waals surface area contributed by atoms with Crippen molar-refractivity contribution in [1.82, 2.24) is 19.9 Å². The molecule has 8 heteroatoms. The van der Waals surface area contributed by atoms with Crippen molar-refractivity contribution in [2.45, 2.75) is 6.92 Å². The largest absolute Gasteiger partial charge is 0.340 e. The van der Waals surface area contributed by atoms with Crippen molar-refractivity contribution in [1.29, 1.82) is 0 Å². The van der Waals surface area contributed by atoms with Gasteiger partial charge >= 0.3 is 0 Å². The average molecular weight is 397 g/mol. The fourth-order valence-electron chi connectivity index (χ4n) is 2.76. The number of hydrogen-bond acceptors (Lipinski definition) is 7. The zero-order valence-electron chi connectivity index (χ0n) is 16.2. The van der Waals surface area contributed by atoms with Crippen LogP contribution in [0.15, 0.2) is 79.3 Å². The van der Waals surface area contributed by atoms with Gasteiger partial charge in [0.25, 0.3) is 5.91 Å². The lowest BCUT2D eigenvalue weighted by atomic mass is 10.2. The molecule has 0 aliphatic carbocycles. The number of amides is 1. The van der Waals surface area contributed by atoms with Crippen LogP contribution in [-0.4, -0.2) is 25.8 Å². The maximum Gasteiger partial charge on any atom is 0.255 e. The van der Waals surface area contributed by atoms with E-state index in [4.69, 9.17) is 0 Å². The van der Waals surface area contributed by atoms with Gasteiger partial charge in [0.05, 0.1) is 0 Å². The topological polar surface area (TPSA) is 105 Å². The molecule has 0 bridgehead atoms. The molecule has 8 nitrogen and oxygen atoms in total. The lowest BCUT2D eigenvalue weighted by Crippen LogP contribution is -2.11. The first-order valence-electron chi connectivity index (χ1n) is 9.28. The van der Waals surface area contributed by atoms with E-state index in [9.17, 15) is 4.79 Å². The summed E-state index contributed by atoms with van der Waals surface area (Å²) in [6.45, 7) is 1.83. The van der Waals surface area contributed by atoms with E-state index < -0.39 is 0 Å². The molecule has 1 amide bonds. The van der Waals surface area contributed by atoms with Crippen molar-refractivity contribution >= 4 is 34.7 Å². The van der Waals surface area contributed by atoms with Crippen LogP contribution in [0.1, 0.15) is 16.2 Å². The monoisotopic (exact) mass is 397 g/mol. The molecule has 0 saturated heterocycles. The molecule has 148 valence electrons. The van der Waals surface area contributed by atoms with E-state index >= 15 is 0 Å². The van der Waals surface area contributed by atoms with E-state index in [2.05, 4.69) is 35.9 Å². The number of aryl methyl sites for hydroxylation is 1. The molecule has 0 unspecified atom stereocenters. The number of carbonyl (C=O) groups excluding carboxylic acids is 1. The number of anilines is 5. The lowest BCUT2D eigenvalue weighted by Gasteiger charge is -2.11. The number of benzene rings is 1. The van der Waals surface area contributed by atoms with Crippen LogP contribution in [0.3, 0.4) is 0 Å². The van der Waals surface area contributed by atoms with Crippen LogP contribution in [0.4, 0.5) is 28.8 Å². The average Bonchev–Trinajstić information content (AvgIpc) is 2.76. The Bertz CT molecular complexity index is 1130. The van der Waals surface area contributed by atoms with Crippen molar-refractivity contribution in [3.8, 4) is 0 Å². The Labute approximate surface area is 173 Å². The highest BCUT2D eigenvalue weighted by molar-refractivity contribution is 6.04. The summed E-state index contributed by atoms with van der Waals surface area (Å²) < 4.78 is 0. The van der Waals surface area contributed by atoms with Gasteiger partial charge in [-0.3, -0.25) is 9.78 Å². The fraction of sp³-hybridized carbons (Fsp3) is 0.0455. The number of rotatable bonds is 6.